The lowest BCUT2D eigenvalue weighted by Gasteiger charge is -2.69. The van der Waals surface area contributed by atoms with Gasteiger partial charge in [-0.05, 0) is 55.3 Å². The third-order valence-electron chi connectivity index (χ3n) is 8.31. The molecule has 2 saturated carbocycles. The summed E-state index contributed by atoms with van der Waals surface area (Å²) in [5, 5.41) is 12.0. The van der Waals surface area contributed by atoms with Gasteiger partial charge in [-0.15, -0.1) is 0 Å². The number of anilines is 1. The number of hydrogen-bond donors (Lipinski definition) is 1. The van der Waals surface area contributed by atoms with Gasteiger partial charge in [0, 0.05) is 5.56 Å². The number of amides is 1. The minimum Gasteiger partial charge on any atom is -0.482 e. The zero-order valence-electron chi connectivity index (χ0n) is 19.8. The molecule has 2 aliphatic heterocycles. The molecule has 1 amide bonds. The third kappa shape index (κ3) is 2.38. The highest BCUT2D eigenvalue weighted by molar-refractivity contribution is 5.96. The van der Waals surface area contributed by atoms with Crippen molar-refractivity contribution in [3.05, 3.63) is 66.2 Å². The molecule has 37 heavy (non-hydrogen) atoms. The summed E-state index contributed by atoms with van der Waals surface area (Å²) >= 11 is 0. The highest BCUT2D eigenvalue weighted by Crippen LogP contribution is 2.92. The van der Waals surface area contributed by atoms with E-state index in [0.29, 0.717) is 35.6 Å². The number of epoxide rings is 1. The van der Waals surface area contributed by atoms with Crippen LogP contribution in [0.5, 0.6) is 11.5 Å². The Balaban J connectivity index is 1.39. The zero-order valence-corrected chi connectivity index (χ0v) is 19.8. The molecule has 5 atom stereocenters. The van der Waals surface area contributed by atoms with E-state index >= 15 is 0 Å². The number of rotatable bonds is 4. The Hall–Kier alpha value is -4.24. The molecule has 1 N–H and O–H groups in total. The zero-order chi connectivity index (χ0) is 25.5. The molecule has 0 aromatic heterocycles. The van der Waals surface area contributed by atoms with Gasteiger partial charge in [-0.3, -0.25) is 4.90 Å². The summed E-state index contributed by atoms with van der Waals surface area (Å²) in [6.07, 6.45) is 3.76. The Labute approximate surface area is 212 Å². The Morgan fingerprint density at radius 3 is 2.68 bits per heavy atom. The van der Waals surface area contributed by atoms with Gasteiger partial charge >= 0.3 is 12.1 Å². The van der Waals surface area contributed by atoms with Crippen molar-refractivity contribution in [3.63, 3.8) is 0 Å². The molecule has 0 bridgehead atoms. The van der Waals surface area contributed by atoms with Crippen LogP contribution in [-0.4, -0.2) is 48.1 Å². The first kappa shape index (κ1) is 22.0. The summed E-state index contributed by atoms with van der Waals surface area (Å²) in [7, 11) is 1.28. The molecule has 2 aromatic rings. The van der Waals surface area contributed by atoms with E-state index in [4.69, 9.17) is 14.2 Å². The Morgan fingerprint density at radius 1 is 1.11 bits per heavy atom. The third-order valence-corrected chi connectivity index (χ3v) is 8.31. The number of carbonyl (C=O) groups is 2. The number of allylic oxidation sites excluding steroid dienone is 2. The molecule has 0 unspecified atom stereocenters. The van der Waals surface area contributed by atoms with E-state index in [1.165, 1.54) is 12.0 Å². The van der Waals surface area contributed by atoms with Gasteiger partial charge in [0.2, 0.25) is 0 Å². The number of nitrogens with zero attached hydrogens (tertiary/aromatic N) is 1. The molecule has 7 rings (SSSR count). The maximum absolute atomic E-state index is 13.7. The number of aliphatic hydroxyl groups is 1. The van der Waals surface area contributed by atoms with Crippen LogP contribution in [0.4, 0.5) is 10.5 Å². The normalized spacial score (nSPS) is 35.1. The Bertz CT molecular complexity index is 1530. The van der Waals surface area contributed by atoms with Crippen LogP contribution >= 0.6 is 0 Å². The summed E-state index contributed by atoms with van der Waals surface area (Å²) in [5.74, 6) is 12.7. The van der Waals surface area contributed by atoms with Crippen molar-refractivity contribution in [2.75, 3.05) is 18.6 Å². The fraction of sp³-hybridized carbons (Fsp3) is 0.310. The quantitative estimate of drug-likeness (QED) is 0.396. The number of fused-ring (bicyclic) bond motifs is 1. The fourth-order valence-corrected chi connectivity index (χ4v) is 6.74. The van der Waals surface area contributed by atoms with E-state index in [1.807, 2.05) is 6.07 Å². The Morgan fingerprint density at radius 2 is 1.92 bits per heavy atom. The van der Waals surface area contributed by atoms with E-state index in [-0.39, 0.29) is 6.61 Å². The molecule has 8 heteroatoms. The molecule has 2 heterocycles. The molecular formula is C29H21NO7. The number of carbonyl (C=O) groups excluding carboxylic acids is 2. The monoisotopic (exact) mass is 495 g/mol. The van der Waals surface area contributed by atoms with Crippen molar-refractivity contribution >= 4 is 17.7 Å². The largest absolute Gasteiger partial charge is 0.482 e. The van der Waals surface area contributed by atoms with Gasteiger partial charge in [-0.1, -0.05) is 41.9 Å². The van der Waals surface area contributed by atoms with Gasteiger partial charge in [-0.2, -0.15) is 0 Å². The number of methoxy groups -OCH3 is 1. The second-order valence-electron chi connectivity index (χ2n) is 9.67. The second-order valence-corrected chi connectivity index (χ2v) is 9.67. The topological polar surface area (TPSA) is 97.8 Å². The minimum absolute atomic E-state index is 0.284. The molecular weight excluding hydrogens is 474 g/mol. The van der Waals surface area contributed by atoms with E-state index in [9.17, 15) is 14.7 Å². The number of benzene rings is 2. The molecule has 184 valence electrons. The number of para-hydroxylation sites is 1. The number of esters is 1. The van der Waals surface area contributed by atoms with Crippen molar-refractivity contribution in [1.29, 1.82) is 0 Å². The number of ether oxygens (including phenoxy) is 4. The smallest absolute Gasteiger partial charge is 0.420 e. The van der Waals surface area contributed by atoms with Crippen molar-refractivity contribution in [2.45, 2.75) is 35.7 Å². The van der Waals surface area contributed by atoms with Crippen LogP contribution in [0, 0.1) is 29.1 Å². The van der Waals surface area contributed by atoms with Gasteiger partial charge in [-0.25, -0.2) is 9.59 Å². The van der Waals surface area contributed by atoms with E-state index in [0.717, 1.165) is 0 Å². The van der Waals surface area contributed by atoms with Gasteiger partial charge in [0.25, 0.3) is 0 Å². The average molecular weight is 495 g/mol. The number of hydrogen-bond acceptors (Lipinski definition) is 7. The van der Waals surface area contributed by atoms with Gasteiger partial charge < -0.3 is 24.1 Å². The van der Waals surface area contributed by atoms with Crippen LogP contribution in [0.25, 0.3) is 0 Å². The van der Waals surface area contributed by atoms with Crippen molar-refractivity contribution in [3.8, 4) is 35.2 Å². The Kier molecular flexibility index (Phi) is 4.26. The lowest BCUT2D eigenvalue weighted by molar-refractivity contribution is -0.247. The van der Waals surface area contributed by atoms with E-state index in [1.54, 1.807) is 54.6 Å². The lowest BCUT2D eigenvalue weighted by Crippen LogP contribution is -2.85. The molecule has 3 aliphatic carbocycles. The predicted molar refractivity (Wildman–Crippen MR) is 129 cm³/mol. The van der Waals surface area contributed by atoms with Gasteiger partial charge in [0.1, 0.15) is 23.1 Å². The van der Waals surface area contributed by atoms with Crippen LogP contribution in [0.2, 0.25) is 0 Å². The summed E-state index contributed by atoms with van der Waals surface area (Å²) < 4.78 is 22.7. The second kappa shape index (κ2) is 7.17. The van der Waals surface area contributed by atoms with Crippen molar-refractivity contribution in [2.24, 2.45) is 5.41 Å². The van der Waals surface area contributed by atoms with Gasteiger partial charge in [0.15, 0.2) is 17.8 Å². The van der Waals surface area contributed by atoms with Crippen molar-refractivity contribution in [1.82, 2.24) is 0 Å². The van der Waals surface area contributed by atoms with Crippen LogP contribution in [0.1, 0.15) is 18.4 Å². The van der Waals surface area contributed by atoms with Crippen LogP contribution in [0.3, 0.4) is 0 Å². The van der Waals surface area contributed by atoms with Gasteiger partial charge in [0.05, 0.1) is 18.2 Å². The molecule has 0 radical (unpaired) electrons. The standard InChI is InChI=1S/C29H21NO7/c1-34-24(31)18-35-20-12-13-22-21(17-20)28-27(33)16-15-26(27)14-8-3-2-7-11-23(29(26,28)37-28)30(22)25(32)36-19-9-5-4-6-10-19/h2-6,9-10,12-13,17,23,33H,15-16,18H2,1H3/b3-2-/t23-,26+,27-,28-,29+/m0/s1. The first-order valence-corrected chi connectivity index (χ1v) is 12.0. The summed E-state index contributed by atoms with van der Waals surface area (Å²) in [5.41, 5.74) is -3.23. The van der Waals surface area contributed by atoms with Crippen LogP contribution < -0.4 is 14.4 Å². The highest BCUT2D eigenvalue weighted by Gasteiger charge is 3.07. The van der Waals surface area contributed by atoms with Crippen LogP contribution in [-0.2, 0) is 19.9 Å². The summed E-state index contributed by atoms with van der Waals surface area (Å²) in [6.45, 7) is -0.284. The molecule has 8 nitrogen and oxygen atoms in total. The van der Waals surface area contributed by atoms with Crippen molar-refractivity contribution < 1.29 is 33.6 Å². The molecule has 3 fully saturated rings. The van der Waals surface area contributed by atoms with E-state index < -0.39 is 40.3 Å². The first-order valence-electron chi connectivity index (χ1n) is 12.0. The molecule has 2 aromatic carbocycles. The predicted octanol–water partition coefficient (Wildman–Crippen LogP) is 2.69. The fourth-order valence-electron chi connectivity index (χ4n) is 6.74. The average Bonchev–Trinajstić information content (AvgIpc) is 3.59. The molecule has 1 saturated heterocycles. The van der Waals surface area contributed by atoms with Crippen LogP contribution in [0.15, 0.2) is 60.7 Å². The molecule has 2 spiro atoms. The highest BCUT2D eigenvalue weighted by atomic mass is 16.7. The maximum Gasteiger partial charge on any atom is 0.420 e. The SMILES string of the molecule is COC(=O)COc1ccc2c(c1)[C@@]13O[C@@]14[C@H](C#C/C=C\C#C[C@]41CC[C@]13O)N2C(=O)Oc1ccccc1. The van der Waals surface area contributed by atoms with E-state index in [2.05, 4.69) is 28.4 Å². The first-order chi connectivity index (χ1) is 17.9. The minimum atomic E-state index is -1.25. The summed E-state index contributed by atoms with van der Waals surface area (Å²) in [6, 6.07) is 13.1. The molecule has 5 aliphatic rings. The lowest BCUT2D eigenvalue weighted by atomic mass is 9.31. The summed E-state index contributed by atoms with van der Waals surface area (Å²) in [4.78, 5) is 26.9. The maximum atomic E-state index is 13.7.